The molecule has 1 aromatic carbocycles. The monoisotopic (exact) mass is 271 g/mol. The number of rotatable bonds is 3. The lowest BCUT2D eigenvalue weighted by molar-refractivity contribution is 0.0563. The second kappa shape index (κ2) is 4.73. The fraction of sp³-hybridized carbons (Fsp3) is 0.143. The number of para-hydroxylation sites is 2. The number of nitrogens with zero attached hydrogens (tertiary/aromatic N) is 2. The summed E-state index contributed by atoms with van der Waals surface area (Å²) in [6, 6.07) is 11.0. The third-order valence-corrected chi connectivity index (χ3v) is 3.05. The van der Waals surface area contributed by atoms with Gasteiger partial charge in [0, 0.05) is 0 Å². The van der Waals surface area contributed by atoms with Gasteiger partial charge in [0.1, 0.15) is 5.76 Å². The highest BCUT2D eigenvalue weighted by Crippen LogP contribution is 2.20. The molecule has 0 atom stereocenters. The molecule has 6 heteroatoms. The van der Waals surface area contributed by atoms with Crippen LogP contribution in [0.3, 0.4) is 0 Å². The molecule has 0 spiro atoms. The Morgan fingerprint density at radius 3 is 2.95 bits per heavy atom. The van der Waals surface area contributed by atoms with Crippen molar-refractivity contribution < 1.29 is 13.9 Å². The van der Waals surface area contributed by atoms with Crippen LogP contribution in [0.2, 0.25) is 0 Å². The molecule has 0 saturated carbocycles. The molecule has 2 aromatic heterocycles. The molecule has 0 unspecified atom stereocenters. The zero-order valence-electron chi connectivity index (χ0n) is 10.9. The highest BCUT2D eigenvalue weighted by molar-refractivity contribution is 5.86. The maximum absolute atomic E-state index is 11.3. The molecule has 2 heterocycles. The van der Waals surface area contributed by atoms with E-state index in [4.69, 9.17) is 10.2 Å². The lowest BCUT2D eigenvalue weighted by Gasteiger charge is -2.03. The minimum atomic E-state index is -0.500. The van der Waals surface area contributed by atoms with Gasteiger partial charge in [-0.2, -0.15) is 0 Å². The molecule has 2 N–H and O–H groups in total. The van der Waals surface area contributed by atoms with Crippen LogP contribution in [0.4, 0.5) is 5.95 Å². The molecule has 0 bridgehead atoms. The Bertz CT molecular complexity index is 773. The maximum Gasteiger partial charge on any atom is 0.373 e. The van der Waals surface area contributed by atoms with Crippen LogP contribution < -0.4 is 5.73 Å². The number of imidazole rings is 1. The van der Waals surface area contributed by atoms with Crippen LogP contribution in [-0.4, -0.2) is 22.6 Å². The van der Waals surface area contributed by atoms with Crippen molar-refractivity contribution in [3.05, 3.63) is 47.9 Å². The van der Waals surface area contributed by atoms with E-state index in [0.717, 1.165) is 11.0 Å². The van der Waals surface area contributed by atoms with Crippen LogP contribution in [0, 0.1) is 0 Å². The van der Waals surface area contributed by atoms with E-state index in [1.807, 2.05) is 28.8 Å². The van der Waals surface area contributed by atoms with Crippen molar-refractivity contribution in [1.82, 2.24) is 9.55 Å². The predicted octanol–water partition coefficient (Wildman–Crippen LogP) is 2.05. The second-order valence-electron chi connectivity index (χ2n) is 4.30. The first-order chi connectivity index (χ1) is 9.69. The molecule has 0 aliphatic carbocycles. The molecule has 3 aromatic rings. The Morgan fingerprint density at radius 2 is 2.15 bits per heavy atom. The third kappa shape index (κ3) is 2.01. The van der Waals surface area contributed by atoms with Crippen LogP contribution >= 0.6 is 0 Å². The number of furan rings is 1. The van der Waals surface area contributed by atoms with Crippen molar-refractivity contribution in [2.75, 3.05) is 12.8 Å². The molecule has 0 saturated heterocycles. The summed E-state index contributed by atoms with van der Waals surface area (Å²) in [6.45, 7) is 0.406. The van der Waals surface area contributed by atoms with Crippen LogP contribution in [0.25, 0.3) is 11.0 Å². The van der Waals surface area contributed by atoms with E-state index in [9.17, 15) is 4.79 Å². The van der Waals surface area contributed by atoms with E-state index in [0.29, 0.717) is 18.3 Å². The Hall–Kier alpha value is -2.76. The van der Waals surface area contributed by atoms with E-state index >= 15 is 0 Å². The zero-order chi connectivity index (χ0) is 14.1. The van der Waals surface area contributed by atoms with Crippen LogP contribution in [-0.2, 0) is 11.3 Å². The maximum atomic E-state index is 11.3. The number of carbonyl (C=O) groups excluding carboxylic acids is 1. The molecule has 102 valence electrons. The molecule has 0 radical (unpaired) electrons. The van der Waals surface area contributed by atoms with Gasteiger partial charge < -0.3 is 19.5 Å². The fourth-order valence-electron chi connectivity index (χ4n) is 2.09. The highest BCUT2D eigenvalue weighted by atomic mass is 16.5. The minimum Gasteiger partial charge on any atom is -0.463 e. The first-order valence-corrected chi connectivity index (χ1v) is 6.07. The fourth-order valence-corrected chi connectivity index (χ4v) is 2.09. The van der Waals surface area contributed by atoms with Crippen molar-refractivity contribution in [2.24, 2.45) is 0 Å². The molecular weight excluding hydrogens is 258 g/mol. The molecule has 0 aliphatic rings. The van der Waals surface area contributed by atoms with Crippen LogP contribution in [0.1, 0.15) is 16.3 Å². The number of nitrogens with two attached hydrogens (primary N) is 1. The number of esters is 1. The van der Waals surface area contributed by atoms with Gasteiger partial charge in [-0.25, -0.2) is 9.78 Å². The Balaban J connectivity index is 1.95. The third-order valence-electron chi connectivity index (χ3n) is 3.05. The SMILES string of the molecule is COC(=O)c1ccc(Cn2c(N)nc3ccccc32)o1. The molecule has 0 fully saturated rings. The standard InChI is InChI=1S/C14H13N3O3/c1-19-13(18)12-7-6-9(20-12)8-17-11-5-3-2-4-10(11)16-14(17)15/h2-7H,8H2,1H3,(H2,15,16). The normalized spacial score (nSPS) is 10.8. The van der Waals surface area contributed by atoms with Gasteiger partial charge in [-0.1, -0.05) is 12.1 Å². The van der Waals surface area contributed by atoms with Gasteiger partial charge in [0.2, 0.25) is 11.7 Å². The summed E-state index contributed by atoms with van der Waals surface area (Å²) in [4.78, 5) is 15.6. The van der Waals surface area contributed by atoms with Gasteiger partial charge in [-0.15, -0.1) is 0 Å². The highest BCUT2D eigenvalue weighted by Gasteiger charge is 2.13. The topological polar surface area (TPSA) is 83.3 Å². The molecule has 0 amide bonds. The Kier molecular flexibility index (Phi) is 2.90. The van der Waals surface area contributed by atoms with Gasteiger partial charge >= 0.3 is 5.97 Å². The average molecular weight is 271 g/mol. The number of nitrogen functional groups attached to an aromatic ring is 1. The molecular formula is C14H13N3O3. The van der Waals surface area contributed by atoms with E-state index in [1.165, 1.54) is 7.11 Å². The van der Waals surface area contributed by atoms with Crippen molar-refractivity contribution >= 4 is 23.0 Å². The summed E-state index contributed by atoms with van der Waals surface area (Å²) in [7, 11) is 1.31. The van der Waals surface area contributed by atoms with Crippen LogP contribution in [0.15, 0.2) is 40.8 Å². The number of methoxy groups -OCH3 is 1. The second-order valence-corrected chi connectivity index (χ2v) is 4.30. The summed E-state index contributed by atoms with van der Waals surface area (Å²) in [5.74, 6) is 0.688. The number of aromatic nitrogens is 2. The Labute approximate surface area is 114 Å². The molecule has 20 heavy (non-hydrogen) atoms. The number of hydrogen-bond donors (Lipinski definition) is 1. The van der Waals surface area contributed by atoms with E-state index in [-0.39, 0.29) is 5.76 Å². The summed E-state index contributed by atoms with van der Waals surface area (Å²) in [6.07, 6.45) is 0. The molecule has 0 aliphatic heterocycles. The summed E-state index contributed by atoms with van der Waals surface area (Å²) in [5.41, 5.74) is 7.65. The summed E-state index contributed by atoms with van der Waals surface area (Å²) >= 11 is 0. The average Bonchev–Trinajstić information content (AvgIpc) is 3.04. The minimum absolute atomic E-state index is 0.172. The van der Waals surface area contributed by atoms with Gasteiger partial charge in [-0.05, 0) is 24.3 Å². The largest absolute Gasteiger partial charge is 0.463 e. The van der Waals surface area contributed by atoms with E-state index < -0.39 is 5.97 Å². The number of anilines is 1. The molecule has 6 nitrogen and oxygen atoms in total. The van der Waals surface area contributed by atoms with Gasteiger partial charge in [0.05, 0.1) is 24.7 Å². The van der Waals surface area contributed by atoms with Gasteiger partial charge in [0.25, 0.3) is 0 Å². The van der Waals surface area contributed by atoms with E-state index in [1.54, 1.807) is 12.1 Å². The smallest absolute Gasteiger partial charge is 0.373 e. The quantitative estimate of drug-likeness (QED) is 0.737. The number of ether oxygens (including phenoxy) is 1. The number of benzene rings is 1. The van der Waals surface area contributed by atoms with Crippen molar-refractivity contribution in [3.8, 4) is 0 Å². The van der Waals surface area contributed by atoms with Crippen molar-refractivity contribution in [2.45, 2.75) is 6.54 Å². The summed E-state index contributed by atoms with van der Waals surface area (Å²) < 4.78 is 11.9. The van der Waals surface area contributed by atoms with Crippen LogP contribution in [0.5, 0.6) is 0 Å². The van der Waals surface area contributed by atoms with Crippen molar-refractivity contribution in [3.63, 3.8) is 0 Å². The lowest BCUT2D eigenvalue weighted by Crippen LogP contribution is -2.04. The Morgan fingerprint density at radius 1 is 1.35 bits per heavy atom. The van der Waals surface area contributed by atoms with Gasteiger partial charge in [-0.3, -0.25) is 0 Å². The zero-order valence-corrected chi connectivity index (χ0v) is 10.9. The lowest BCUT2D eigenvalue weighted by atomic mass is 10.3. The predicted molar refractivity (Wildman–Crippen MR) is 73.3 cm³/mol. The van der Waals surface area contributed by atoms with Crippen molar-refractivity contribution in [1.29, 1.82) is 0 Å². The van der Waals surface area contributed by atoms with Gasteiger partial charge in [0.15, 0.2) is 0 Å². The molecule has 3 rings (SSSR count). The first-order valence-electron chi connectivity index (χ1n) is 6.07. The number of carbonyl (C=O) groups is 1. The number of hydrogen-bond acceptors (Lipinski definition) is 5. The first kappa shape index (κ1) is 12.3. The van der Waals surface area contributed by atoms with E-state index in [2.05, 4.69) is 9.72 Å². The summed E-state index contributed by atoms with van der Waals surface area (Å²) in [5, 5.41) is 0. The number of fused-ring (bicyclic) bond motifs is 1.